The smallest absolute Gasteiger partial charge is 0.0474 e. The Balaban J connectivity index is 3.24. The van der Waals surface area contributed by atoms with Crippen molar-refractivity contribution in [2.75, 3.05) is 40.4 Å². The SMILES string of the molecule is CCN(C)CC(C)NCCCOC. The lowest BCUT2D eigenvalue weighted by molar-refractivity contribution is 0.192. The summed E-state index contributed by atoms with van der Waals surface area (Å²) in [5.74, 6) is 0. The fourth-order valence-electron chi connectivity index (χ4n) is 1.23. The molecule has 0 aromatic rings. The summed E-state index contributed by atoms with van der Waals surface area (Å²) in [4.78, 5) is 2.31. The molecule has 0 aromatic heterocycles. The number of hydrogen-bond donors (Lipinski definition) is 1. The molecule has 0 aromatic carbocycles. The molecule has 0 amide bonds. The van der Waals surface area contributed by atoms with Crippen molar-refractivity contribution in [1.82, 2.24) is 10.2 Å². The van der Waals surface area contributed by atoms with Crippen LogP contribution in [-0.4, -0.2) is 51.3 Å². The van der Waals surface area contributed by atoms with Gasteiger partial charge in [0.25, 0.3) is 0 Å². The lowest BCUT2D eigenvalue weighted by Gasteiger charge is -2.20. The van der Waals surface area contributed by atoms with Gasteiger partial charge in [0, 0.05) is 26.3 Å². The fraction of sp³-hybridized carbons (Fsp3) is 1.00. The zero-order chi connectivity index (χ0) is 10.1. The lowest BCUT2D eigenvalue weighted by Crippen LogP contribution is -2.37. The van der Waals surface area contributed by atoms with Crippen LogP contribution in [0.25, 0.3) is 0 Å². The molecule has 0 aliphatic carbocycles. The first kappa shape index (κ1) is 12.9. The fourth-order valence-corrected chi connectivity index (χ4v) is 1.23. The second-order valence-electron chi connectivity index (χ2n) is 3.56. The molecule has 1 atom stereocenters. The number of rotatable bonds is 8. The predicted molar refractivity (Wildman–Crippen MR) is 57.1 cm³/mol. The molecule has 13 heavy (non-hydrogen) atoms. The van der Waals surface area contributed by atoms with Crippen molar-refractivity contribution >= 4 is 0 Å². The van der Waals surface area contributed by atoms with Crippen LogP contribution in [-0.2, 0) is 4.74 Å². The molecule has 0 saturated heterocycles. The van der Waals surface area contributed by atoms with E-state index in [9.17, 15) is 0 Å². The Labute approximate surface area is 82.4 Å². The number of nitrogens with zero attached hydrogens (tertiary/aromatic N) is 1. The third-order valence-corrected chi connectivity index (χ3v) is 2.14. The number of likely N-dealkylation sites (N-methyl/N-ethyl adjacent to an activating group) is 1. The van der Waals surface area contributed by atoms with Crippen molar-refractivity contribution in [3.8, 4) is 0 Å². The van der Waals surface area contributed by atoms with Gasteiger partial charge in [-0.2, -0.15) is 0 Å². The first-order valence-corrected chi connectivity index (χ1v) is 5.11. The summed E-state index contributed by atoms with van der Waals surface area (Å²) in [6.07, 6.45) is 1.09. The van der Waals surface area contributed by atoms with Gasteiger partial charge in [-0.3, -0.25) is 0 Å². The van der Waals surface area contributed by atoms with Crippen LogP contribution in [0, 0.1) is 0 Å². The van der Waals surface area contributed by atoms with Crippen molar-refractivity contribution in [2.45, 2.75) is 26.3 Å². The number of ether oxygens (including phenoxy) is 1. The van der Waals surface area contributed by atoms with Crippen molar-refractivity contribution < 1.29 is 4.74 Å². The molecule has 0 aliphatic heterocycles. The molecule has 0 fully saturated rings. The molecule has 80 valence electrons. The van der Waals surface area contributed by atoms with Gasteiger partial charge in [-0.25, -0.2) is 0 Å². The van der Waals surface area contributed by atoms with Crippen LogP contribution < -0.4 is 5.32 Å². The van der Waals surface area contributed by atoms with E-state index in [1.165, 1.54) is 0 Å². The van der Waals surface area contributed by atoms with Crippen molar-refractivity contribution in [3.05, 3.63) is 0 Å². The van der Waals surface area contributed by atoms with Gasteiger partial charge in [0.1, 0.15) is 0 Å². The van der Waals surface area contributed by atoms with Crippen LogP contribution in [0.5, 0.6) is 0 Å². The Hall–Kier alpha value is -0.120. The van der Waals surface area contributed by atoms with Crippen molar-refractivity contribution in [1.29, 1.82) is 0 Å². The van der Waals surface area contributed by atoms with Crippen LogP contribution in [0.15, 0.2) is 0 Å². The number of methoxy groups -OCH3 is 1. The lowest BCUT2D eigenvalue weighted by atomic mass is 10.3. The summed E-state index contributed by atoms with van der Waals surface area (Å²) in [5, 5.41) is 3.46. The second-order valence-corrected chi connectivity index (χ2v) is 3.56. The molecular formula is C10H24N2O. The van der Waals surface area contributed by atoms with Gasteiger partial charge in [-0.15, -0.1) is 0 Å². The van der Waals surface area contributed by atoms with E-state index < -0.39 is 0 Å². The molecule has 0 spiro atoms. The minimum atomic E-state index is 0.571. The minimum absolute atomic E-state index is 0.571. The van der Waals surface area contributed by atoms with E-state index in [0.29, 0.717) is 6.04 Å². The third-order valence-electron chi connectivity index (χ3n) is 2.14. The van der Waals surface area contributed by atoms with Gasteiger partial charge in [-0.1, -0.05) is 6.92 Å². The van der Waals surface area contributed by atoms with Crippen LogP contribution in [0.2, 0.25) is 0 Å². The van der Waals surface area contributed by atoms with Gasteiger partial charge in [0.2, 0.25) is 0 Å². The van der Waals surface area contributed by atoms with Crippen LogP contribution in [0.1, 0.15) is 20.3 Å². The molecule has 0 rings (SSSR count). The summed E-state index contributed by atoms with van der Waals surface area (Å²) in [7, 11) is 3.89. The van der Waals surface area contributed by atoms with E-state index in [0.717, 1.165) is 32.7 Å². The maximum absolute atomic E-state index is 4.98. The first-order valence-electron chi connectivity index (χ1n) is 5.11. The molecule has 0 radical (unpaired) electrons. The molecule has 1 N–H and O–H groups in total. The average molecular weight is 188 g/mol. The average Bonchev–Trinajstić information content (AvgIpc) is 2.12. The van der Waals surface area contributed by atoms with E-state index in [1.54, 1.807) is 7.11 Å². The third kappa shape index (κ3) is 8.22. The molecule has 0 saturated carbocycles. The normalized spacial score (nSPS) is 13.6. The maximum atomic E-state index is 4.98. The van der Waals surface area contributed by atoms with Gasteiger partial charge in [0.05, 0.1) is 0 Å². The van der Waals surface area contributed by atoms with Crippen LogP contribution in [0.3, 0.4) is 0 Å². The highest BCUT2D eigenvalue weighted by Crippen LogP contribution is 1.88. The Morgan fingerprint density at radius 3 is 2.69 bits per heavy atom. The Morgan fingerprint density at radius 2 is 2.15 bits per heavy atom. The molecule has 0 bridgehead atoms. The summed E-state index contributed by atoms with van der Waals surface area (Å²) in [5.41, 5.74) is 0. The quantitative estimate of drug-likeness (QED) is 0.574. The first-order chi connectivity index (χ1) is 6.20. The van der Waals surface area contributed by atoms with Gasteiger partial charge >= 0.3 is 0 Å². The summed E-state index contributed by atoms with van der Waals surface area (Å²) >= 11 is 0. The molecule has 1 unspecified atom stereocenters. The van der Waals surface area contributed by atoms with Crippen molar-refractivity contribution in [2.24, 2.45) is 0 Å². The van der Waals surface area contributed by atoms with Crippen molar-refractivity contribution in [3.63, 3.8) is 0 Å². The Kier molecular flexibility index (Phi) is 8.40. The topological polar surface area (TPSA) is 24.5 Å². The molecule has 0 aliphatic rings. The van der Waals surface area contributed by atoms with Crippen LogP contribution in [0.4, 0.5) is 0 Å². The van der Waals surface area contributed by atoms with Gasteiger partial charge < -0.3 is 15.0 Å². The monoisotopic (exact) mass is 188 g/mol. The standard InChI is InChI=1S/C10H24N2O/c1-5-12(3)9-10(2)11-7-6-8-13-4/h10-11H,5-9H2,1-4H3. The zero-order valence-electron chi connectivity index (χ0n) is 9.47. The Morgan fingerprint density at radius 1 is 1.46 bits per heavy atom. The minimum Gasteiger partial charge on any atom is -0.385 e. The number of hydrogen-bond acceptors (Lipinski definition) is 3. The Bertz CT molecular complexity index is 109. The molecule has 3 heteroatoms. The van der Waals surface area contributed by atoms with E-state index >= 15 is 0 Å². The highest BCUT2D eigenvalue weighted by atomic mass is 16.5. The van der Waals surface area contributed by atoms with Gasteiger partial charge in [0.15, 0.2) is 0 Å². The predicted octanol–water partition coefficient (Wildman–Crippen LogP) is 0.953. The van der Waals surface area contributed by atoms with Crippen LogP contribution >= 0.6 is 0 Å². The largest absolute Gasteiger partial charge is 0.385 e. The summed E-state index contributed by atoms with van der Waals surface area (Å²) < 4.78 is 4.98. The summed E-state index contributed by atoms with van der Waals surface area (Å²) in [6, 6.07) is 0.571. The zero-order valence-corrected chi connectivity index (χ0v) is 9.47. The highest BCUT2D eigenvalue weighted by molar-refractivity contribution is 4.64. The van der Waals surface area contributed by atoms with E-state index in [-0.39, 0.29) is 0 Å². The van der Waals surface area contributed by atoms with E-state index in [4.69, 9.17) is 4.74 Å². The summed E-state index contributed by atoms with van der Waals surface area (Å²) in [6.45, 7) is 8.53. The van der Waals surface area contributed by atoms with E-state index in [2.05, 4.69) is 31.1 Å². The molecule has 0 heterocycles. The van der Waals surface area contributed by atoms with E-state index in [1.807, 2.05) is 0 Å². The number of nitrogens with one attached hydrogen (secondary N) is 1. The second kappa shape index (κ2) is 8.48. The molecule has 3 nitrogen and oxygen atoms in total. The highest BCUT2D eigenvalue weighted by Gasteiger charge is 2.02. The maximum Gasteiger partial charge on any atom is 0.0474 e. The van der Waals surface area contributed by atoms with Gasteiger partial charge in [-0.05, 0) is 33.5 Å². The molecular weight excluding hydrogens is 164 g/mol.